The number of aromatic nitrogens is 4. The van der Waals surface area contributed by atoms with Gasteiger partial charge in [-0.1, -0.05) is 6.07 Å². The molecule has 4 heterocycles. The molecule has 0 unspecified atom stereocenters. The number of anilines is 1. The molecule has 0 amide bonds. The van der Waals surface area contributed by atoms with E-state index in [4.69, 9.17) is 25.7 Å². The number of fused-ring (bicyclic) bond motifs is 3. The number of hydrogen-bond donors (Lipinski definition) is 3. The van der Waals surface area contributed by atoms with Gasteiger partial charge in [0.25, 0.3) is 0 Å². The van der Waals surface area contributed by atoms with Crippen molar-refractivity contribution in [2.75, 3.05) is 46.3 Å². The topological polar surface area (TPSA) is 155 Å². The summed E-state index contributed by atoms with van der Waals surface area (Å²) in [6.07, 6.45) is 8.60. The Morgan fingerprint density at radius 2 is 1.78 bits per heavy atom. The Bertz CT molecular complexity index is 1630. The fraction of sp³-hybridized carbons (Fsp3) is 0.267. The molecule has 5 aromatic rings. The maximum absolute atomic E-state index is 9.50. The molecule has 5 rings (SSSR count). The summed E-state index contributed by atoms with van der Waals surface area (Å²) in [7, 11) is 3.19. The molecular formula is C30H33N7O4. The van der Waals surface area contributed by atoms with Gasteiger partial charge in [-0.25, -0.2) is 4.98 Å². The van der Waals surface area contributed by atoms with Crippen LogP contribution in [-0.2, 0) is 6.54 Å². The van der Waals surface area contributed by atoms with Crippen molar-refractivity contribution in [2.45, 2.75) is 12.6 Å². The molecule has 0 fully saturated rings. The van der Waals surface area contributed by atoms with E-state index in [2.05, 4.69) is 24.8 Å². The van der Waals surface area contributed by atoms with Gasteiger partial charge in [0.2, 0.25) is 0 Å². The molecule has 0 spiro atoms. The molecule has 0 radical (unpaired) electrons. The highest BCUT2D eigenvalue weighted by Gasteiger charge is 2.15. The van der Waals surface area contributed by atoms with Crippen LogP contribution < -0.4 is 25.7 Å². The number of nitrogens with two attached hydrogens (primary N) is 2. The number of methoxy groups -OCH3 is 2. The second-order valence-corrected chi connectivity index (χ2v) is 9.64. The van der Waals surface area contributed by atoms with Gasteiger partial charge in [0.05, 0.1) is 44.3 Å². The maximum Gasteiger partial charge on any atom is 0.162 e. The predicted molar refractivity (Wildman–Crippen MR) is 158 cm³/mol. The van der Waals surface area contributed by atoms with E-state index in [1.165, 1.54) is 0 Å². The fourth-order valence-electron chi connectivity index (χ4n) is 4.76. The number of hydrogen-bond acceptors (Lipinski definition) is 11. The van der Waals surface area contributed by atoms with Crippen LogP contribution in [0.5, 0.6) is 17.2 Å². The molecule has 0 aliphatic carbocycles. The van der Waals surface area contributed by atoms with E-state index in [0.29, 0.717) is 48.4 Å². The molecular weight excluding hydrogens is 522 g/mol. The molecule has 1 atom stereocenters. The van der Waals surface area contributed by atoms with Gasteiger partial charge in [0.1, 0.15) is 18.2 Å². The van der Waals surface area contributed by atoms with Gasteiger partial charge < -0.3 is 30.8 Å². The normalized spacial score (nSPS) is 12.1. The van der Waals surface area contributed by atoms with Crippen LogP contribution in [0.3, 0.4) is 0 Å². The molecule has 0 saturated carbocycles. The van der Waals surface area contributed by atoms with Gasteiger partial charge >= 0.3 is 0 Å². The number of benzene rings is 1. The zero-order chi connectivity index (χ0) is 28.8. The average molecular weight is 556 g/mol. The Morgan fingerprint density at radius 3 is 2.54 bits per heavy atom. The molecule has 41 heavy (non-hydrogen) atoms. The first-order chi connectivity index (χ1) is 20.0. The quantitative estimate of drug-likeness (QED) is 0.195. The molecule has 11 nitrogen and oxygen atoms in total. The number of nitrogen functional groups attached to an aromatic ring is 1. The van der Waals surface area contributed by atoms with Crippen LogP contribution in [0.1, 0.15) is 5.56 Å². The summed E-state index contributed by atoms with van der Waals surface area (Å²) in [6.45, 7) is 1.98. The Hall–Kier alpha value is -4.58. The third kappa shape index (κ3) is 6.43. The first kappa shape index (κ1) is 28.0. The lowest BCUT2D eigenvalue weighted by Gasteiger charge is -2.25. The lowest BCUT2D eigenvalue weighted by Crippen LogP contribution is -2.42. The lowest BCUT2D eigenvalue weighted by molar-refractivity contribution is 0.166. The van der Waals surface area contributed by atoms with Crippen molar-refractivity contribution < 1.29 is 19.3 Å². The largest absolute Gasteiger partial charge is 0.493 e. The van der Waals surface area contributed by atoms with Gasteiger partial charge in [0.15, 0.2) is 11.5 Å². The molecule has 4 aromatic heterocycles. The van der Waals surface area contributed by atoms with Crippen LogP contribution in [0.25, 0.3) is 32.9 Å². The Labute approximate surface area is 237 Å². The van der Waals surface area contributed by atoms with Gasteiger partial charge in [0, 0.05) is 66.8 Å². The minimum atomic E-state index is -0.290. The van der Waals surface area contributed by atoms with E-state index >= 15 is 0 Å². The van der Waals surface area contributed by atoms with Crippen molar-refractivity contribution in [3.63, 3.8) is 0 Å². The number of pyridine rings is 4. The Morgan fingerprint density at radius 1 is 0.951 bits per heavy atom. The van der Waals surface area contributed by atoms with E-state index < -0.39 is 0 Å². The van der Waals surface area contributed by atoms with Crippen LogP contribution in [0.2, 0.25) is 0 Å². The van der Waals surface area contributed by atoms with Crippen molar-refractivity contribution >= 4 is 27.5 Å². The highest BCUT2D eigenvalue weighted by atomic mass is 16.5. The zero-order valence-electron chi connectivity index (χ0n) is 23.0. The second-order valence-electron chi connectivity index (χ2n) is 9.64. The number of ether oxygens (including phenoxy) is 3. The number of aliphatic hydroxyl groups is 1. The molecule has 5 N–H and O–H groups in total. The van der Waals surface area contributed by atoms with Crippen LogP contribution >= 0.6 is 0 Å². The molecule has 11 heteroatoms. The molecule has 0 aliphatic heterocycles. The van der Waals surface area contributed by atoms with Crippen molar-refractivity contribution in [2.24, 2.45) is 5.73 Å². The lowest BCUT2D eigenvalue weighted by atomic mass is 10.0. The minimum absolute atomic E-state index is 0.0351. The fourth-order valence-corrected chi connectivity index (χ4v) is 4.76. The van der Waals surface area contributed by atoms with Crippen molar-refractivity contribution in [3.8, 4) is 28.5 Å². The number of aliphatic hydroxyl groups excluding tert-OH is 1. The Balaban J connectivity index is 1.35. The highest BCUT2D eigenvalue weighted by molar-refractivity contribution is 6.10. The highest BCUT2D eigenvalue weighted by Crippen LogP contribution is 2.37. The van der Waals surface area contributed by atoms with E-state index in [9.17, 15) is 5.11 Å². The monoisotopic (exact) mass is 555 g/mol. The van der Waals surface area contributed by atoms with Crippen molar-refractivity contribution in [3.05, 3.63) is 72.9 Å². The summed E-state index contributed by atoms with van der Waals surface area (Å²) >= 11 is 0. The molecule has 0 saturated heterocycles. The SMILES string of the molecule is COc1cc2ncc3c(N)nc(-c4cncc(OC[C@@H](N)CN(CCO)Cc5cccnc5)c4)cc3c2cc1OC. The first-order valence-corrected chi connectivity index (χ1v) is 13.2. The summed E-state index contributed by atoms with van der Waals surface area (Å²) in [5.74, 6) is 2.11. The predicted octanol–water partition coefficient (Wildman–Crippen LogP) is 3.04. The molecule has 212 valence electrons. The van der Waals surface area contributed by atoms with Crippen molar-refractivity contribution in [1.82, 2.24) is 24.8 Å². The van der Waals surface area contributed by atoms with Gasteiger partial charge in [-0.2, -0.15) is 0 Å². The van der Waals surface area contributed by atoms with Gasteiger partial charge in [-0.3, -0.25) is 19.9 Å². The van der Waals surface area contributed by atoms with E-state index in [1.807, 2.05) is 42.6 Å². The molecule has 0 bridgehead atoms. The minimum Gasteiger partial charge on any atom is -0.493 e. The van der Waals surface area contributed by atoms with Gasteiger partial charge in [-0.05, 0) is 35.2 Å². The van der Waals surface area contributed by atoms with Crippen LogP contribution in [-0.4, -0.2) is 76.5 Å². The summed E-state index contributed by atoms with van der Waals surface area (Å²) in [5, 5.41) is 12.0. The Kier molecular flexibility index (Phi) is 8.68. The van der Waals surface area contributed by atoms with Crippen LogP contribution in [0, 0.1) is 0 Å². The summed E-state index contributed by atoms with van der Waals surface area (Å²) in [6, 6.07) is 11.1. The third-order valence-corrected chi connectivity index (χ3v) is 6.72. The summed E-state index contributed by atoms with van der Waals surface area (Å²) in [4.78, 5) is 19.8. The average Bonchev–Trinajstić information content (AvgIpc) is 3.00. The maximum atomic E-state index is 9.50. The number of nitrogens with zero attached hydrogens (tertiary/aromatic N) is 5. The van der Waals surface area contributed by atoms with Gasteiger partial charge in [-0.15, -0.1) is 0 Å². The van der Waals surface area contributed by atoms with Crippen LogP contribution in [0.4, 0.5) is 5.82 Å². The second kappa shape index (κ2) is 12.7. The van der Waals surface area contributed by atoms with E-state index in [0.717, 1.165) is 32.8 Å². The smallest absolute Gasteiger partial charge is 0.162 e. The standard InChI is InChI=1S/C30H33N7O4/c1-39-28-10-24-23-9-26(36-30(32)25(23)15-35-27(24)11-29(28)40-2)20-8-22(14-34-13-20)41-18-21(31)17-37(6-7-38)16-19-4-3-5-33-12-19/h3-5,8-15,21,38H,6-7,16-18,31H2,1-2H3,(H2,32,36)/t21-/m0/s1. The first-order valence-electron chi connectivity index (χ1n) is 13.2. The van der Waals surface area contributed by atoms with Crippen LogP contribution in [0.15, 0.2) is 67.4 Å². The molecule has 0 aliphatic rings. The molecule has 1 aromatic carbocycles. The number of rotatable bonds is 12. The summed E-state index contributed by atoms with van der Waals surface area (Å²) in [5.41, 5.74) is 16.0. The third-order valence-electron chi connectivity index (χ3n) is 6.72. The van der Waals surface area contributed by atoms with E-state index in [1.54, 1.807) is 39.0 Å². The zero-order valence-corrected chi connectivity index (χ0v) is 23.0. The van der Waals surface area contributed by atoms with Crippen molar-refractivity contribution in [1.29, 1.82) is 0 Å². The summed E-state index contributed by atoms with van der Waals surface area (Å²) < 4.78 is 17.0. The van der Waals surface area contributed by atoms with E-state index in [-0.39, 0.29) is 19.3 Å².